The van der Waals surface area contributed by atoms with Crippen molar-refractivity contribution in [3.05, 3.63) is 22.9 Å². The minimum Gasteiger partial charge on any atom is -0.344 e. The van der Waals surface area contributed by atoms with E-state index in [1.54, 1.807) is 0 Å². The Morgan fingerprint density at radius 1 is 1.50 bits per heavy atom. The minimum atomic E-state index is 0.508. The van der Waals surface area contributed by atoms with Gasteiger partial charge in [-0.15, -0.1) is 6.42 Å². The predicted molar refractivity (Wildman–Crippen MR) is 72.3 cm³/mol. The summed E-state index contributed by atoms with van der Waals surface area (Å²) in [5.74, 6) is 3.41. The van der Waals surface area contributed by atoms with Crippen LogP contribution < -0.4 is 4.90 Å². The molecule has 1 heterocycles. The van der Waals surface area contributed by atoms with Crippen molar-refractivity contribution < 1.29 is 0 Å². The Bertz CT molecular complexity index is 520. The van der Waals surface area contributed by atoms with Crippen LogP contribution in [0.15, 0.2) is 6.07 Å². The van der Waals surface area contributed by atoms with Gasteiger partial charge in [-0.05, 0) is 37.3 Å². The second kappa shape index (κ2) is 5.56. The van der Waals surface area contributed by atoms with Crippen molar-refractivity contribution >= 4 is 5.82 Å². The second-order valence-corrected chi connectivity index (χ2v) is 4.56. The van der Waals surface area contributed by atoms with Gasteiger partial charge in [0.25, 0.3) is 0 Å². The topological polar surface area (TPSA) is 39.9 Å². The Balaban J connectivity index is 2.42. The van der Waals surface area contributed by atoms with Crippen LogP contribution in [-0.2, 0) is 12.8 Å². The molecule has 0 fully saturated rings. The molecule has 3 nitrogen and oxygen atoms in total. The van der Waals surface area contributed by atoms with Crippen molar-refractivity contribution in [3.63, 3.8) is 0 Å². The van der Waals surface area contributed by atoms with Crippen molar-refractivity contribution in [2.24, 2.45) is 0 Å². The summed E-state index contributed by atoms with van der Waals surface area (Å²) in [6.07, 6.45) is 9.59. The lowest BCUT2D eigenvalue weighted by atomic mass is 10.1. The van der Waals surface area contributed by atoms with Crippen LogP contribution >= 0.6 is 0 Å². The summed E-state index contributed by atoms with van der Waals surface area (Å²) in [5, 5.41) is 9.27. The number of rotatable bonds is 4. The molecule has 0 N–H and O–H groups in total. The Morgan fingerprint density at radius 2 is 2.33 bits per heavy atom. The molecule has 0 atom stereocenters. The summed E-state index contributed by atoms with van der Waals surface area (Å²) < 4.78 is 0. The van der Waals surface area contributed by atoms with E-state index in [4.69, 9.17) is 6.42 Å². The fraction of sp³-hybridized carbons (Fsp3) is 0.467. The highest BCUT2D eigenvalue weighted by Crippen LogP contribution is 2.27. The van der Waals surface area contributed by atoms with Gasteiger partial charge in [0.05, 0.1) is 12.1 Å². The maximum atomic E-state index is 9.27. The smallest absolute Gasteiger partial charge is 0.147 e. The average molecular weight is 239 g/mol. The van der Waals surface area contributed by atoms with Crippen molar-refractivity contribution in [1.82, 2.24) is 4.98 Å². The number of hydrogen-bond donors (Lipinski definition) is 0. The summed E-state index contributed by atoms with van der Waals surface area (Å²) in [6.45, 7) is 3.45. The molecule has 0 bridgehead atoms. The van der Waals surface area contributed by atoms with E-state index in [2.05, 4.69) is 23.9 Å². The highest BCUT2D eigenvalue weighted by molar-refractivity contribution is 5.57. The van der Waals surface area contributed by atoms with Gasteiger partial charge < -0.3 is 4.90 Å². The summed E-state index contributed by atoms with van der Waals surface area (Å²) in [5.41, 5.74) is 3.02. The molecule has 0 saturated heterocycles. The lowest BCUT2D eigenvalue weighted by Crippen LogP contribution is -2.26. The van der Waals surface area contributed by atoms with Gasteiger partial charge in [-0.3, -0.25) is 0 Å². The Kier molecular flexibility index (Phi) is 3.85. The lowest BCUT2D eigenvalue weighted by molar-refractivity contribution is 0.802. The normalized spacial score (nSPS) is 12.6. The van der Waals surface area contributed by atoms with Crippen LogP contribution in [0.2, 0.25) is 0 Å². The third-order valence-corrected chi connectivity index (χ3v) is 3.23. The first kappa shape index (κ1) is 12.5. The first-order valence-electron chi connectivity index (χ1n) is 6.41. The number of nitriles is 1. The monoisotopic (exact) mass is 239 g/mol. The summed E-state index contributed by atoms with van der Waals surface area (Å²) in [7, 11) is 0. The molecule has 1 aliphatic carbocycles. The maximum absolute atomic E-state index is 9.27. The van der Waals surface area contributed by atoms with Gasteiger partial charge in [-0.25, -0.2) is 4.98 Å². The van der Waals surface area contributed by atoms with Crippen molar-refractivity contribution in [2.75, 3.05) is 18.0 Å². The summed E-state index contributed by atoms with van der Waals surface area (Å²) in [4.78, 5) is 6.69. The van der Waals surface area contributed by atoms with E-state index < -0.39 is 0 Å². The van der Waals surface area contributed by atoms with Crippen molar-refractivity contribution in [2.45, 2.75) is 32.6 Å². The van der Waals surface area contributed by atoms with Crippen LogP contribution in [0, 0.1) is 23.7 Å². The van der Waals surface area contributed by atoms with Gasteiger partial charge in [0.1, 0.15) is 11.9 Å². The molecule has 0 radical (unpaired) electrons. The maximum Gasteiger partial charge on any atom is 0.147 e. The first-order chi connectivity index (χ1) is 8.80. The molecule has 92 valence electrons. The molecule has 2 rings (SSSR count). The van der Waals surface area contributed by atoms with Gasteiger partial charge in [0.15, 0.2) is 0 Å². The van der Waals surface area contributed by atoms with Gasteiger partial charge >= 0.3 is 0 Å². The Morgan fingerprint density at radius 3 is 3.00 bits per heavy atom. The number of terminal acetylenes is 1. The largest absolute Gasteiger partial charge is 0.344 e. The fourth-order valence-electron chi connectivity index (χ4n) is 2.42. The molecule has 3 heteroatoms. The zero-order valence-corrected chi connectivity index (χ0v) is 10.7. The van der Waals surface area contributed by atoms with E-state index in [-0.39, 0.29) is 0 Å². The molecule has 0 unspecified atom stereocenters. The molecule has 0 aromatic carbocycles. The quantitative estimate of drug-likeness (QED) is 0.757. The highest BCUT2D eigenvalue weighted by atomic mass is 15.2. The van der Waals surface area contributed by atoms with Crippen LogP contribution in [0.4, 0.5) is 5.82 Å². The van der Waals surface area contributed by atoms with E-state index in [1.165, 1.54) is 5.56 Å². The first-order valence-corrected chi connectivity index (χ1v) is 6.41. The number of aryl methyl sites for hydroxylation is 2. The third kappa shape index (κ3) is 2.31. The lowest BCUT2D eigenvalue weighted by Gasteiger charge is -2.22. The van der Waals surface area contributed by atoms with Crippen LogP contribution in [0.1, 0.15) is 36.6 Å². The van der Waals surface area contributed by atoms with Crippen LogP contribution in [0.3, 0.4) is 0 Å². The molecule has 0 spiro atoms. The number of nitrogens with zero attached hydrogens (tertiary/aromatic N) is 3. The van der Waals surface area contributed by atoms with Crippen LogP contribution in [0.25, 0.3) is 0 Å². The minimum absolute atomic E-state index is 0.508. The summed E-state index contributed by atoms with van der Waals surface area (Å²) >= 11 is 0. The van der Waals surface area contributed by atoms with Crippen molar-refractivity contribution in [1.29, 1.82) is 5.26 Å². The second-order valence-electron chi connectivity index (χ2n) is 4.56. The molecule has 0 amide bonds. The van der Waals surface area contributed by atoms with Gasteiger partial charge in [0.2, 0.25) is 0 Å². The molecular weight excluding hydrogens is 222 g/mol. The Labute approximate surface area is 108 Å². The van der Waals surface area contributed by atoms with E-state index in [1.807, 2.05) is 11.0 Å². The standard InChI is InChI=1S/C15H17N3/c1-3-8-18(9-4-2)15-13(11-16)10-12-6-5-7-14(12)17-15/h1,10H,4-9H2,2H3. The molecule has 1 aromatic rings. The number of hydrogen-bond acceptors (Lipinski definition) is 3. The highest BCUT2D eigenvalue weighted by Gasteiger charge is 2.19. The number of fused-ring (bicyclic) bond motifs is 1. The van der Waals surface area contributed by atoms with Gasteiger partial charge in [-0.2, -0.15) is 5.26 Å². The Hall–Kier alpha value is -2.00. The SMILES string of the molecule is C#CCN(CCC)c1nc2c(cc1C#N)CCC2. The van der Waals surface area contributed by atoms with Gasteiger partial charge in [0, 0.05) is 12.2 Å². The molecule has 18 heavy (non-hydrogen) atoms. The van der Waals surface area contributed by atoms with Crippen LogP contribution in [-0.4, -0.2) is 18.1 Å². The van der Waals surface area contributed by atoms with E-state index >= 15 is 0 Å². The van der Waals surface area contributed by atoms with Gasteiger partial charge in [-0.1, -0.05) is 12.8 Å². The molecule has 1 aromatic heterocycles. The van der Waals surface area contributed by atoms with E-state index in [9.17, 15) is 5.26 Å². The molecular formula is C15H17N3. The van der Waals surface area contributed by atoms with E-state index in [0.29, 0.717) is 12.1 Å². The molecule has 1 aliphatic rings. The molecule has 0 aliphatic heterocycles. The van der Waals surface area contributed by atoms with Crippen molar-refractivity contribution in [3.8, 4) is 18.4 Å². The summed E-state index contributed by atoms with van der Waals surface area (Å²) in [6, 6.07) is 4.24. The average Bonchev–Trinajstić information content (AvgIpc) is 2.84. The predicted octanol–water partition coefficient (Wildman–Crippen LogP) is 2.29. The van der Waals surface area contributed by atoms with E-state index in [0.717, 1.165) is 43.7 Å². The number of anilines is 1. The zero-order chi connectivity index (χ0) is 13.0. The third-order valence-electron chi connectivity index (χ3n) is 3.23. The number of aromatic nitrogens is 1. The van der Waals surface area contributed by atoms with Crippen LogP contribution in [0.5, 0.6) is 0 Å². The zero-order valence-electron chi connectivity index (χ0n) is 10.7. The fourth-order valence-corrected chi connectivity index (χ4v) is 2.42. The molecule has 0 saturated carbocycles. The number of pyridine rings is 1.